The van der Waals surface area contributed by atoms with E-state index in [0.29, 0.717) is 22.8 Å². The van der Waals surface area contributed by atoms with Gasteiger partial charge in [0.15, 0.2) is 0 Å². The molecule has 8 heteroatoms. The van der Waals surface area contributed by atoms with Crippen molar-refractivity contribution in [3.05, 3.63) is 89.2 Å². The molecule has 0 spiro atoms. The molecule has 0 unspecified atom stereocenters. The van der Waals surface area contributed by atoms with Crippen molar-refractivity contribution < 1.29 is 14.7 Å². The summed E-state index contributed by atoms with van der Waals surface area (Å²) in [5.41, 5.74) is 2.68. The number of carbonyl (C=O) groups excluding carboxylic acids is 2. The third-order valence-corrected chi connectivity index (χ3v) is 6.52. The molecule has 2 aliphatic heterocycles. The number of benzene rings is 2. The van der Waals surface area contributed by atoms with E-state index in [4.69, 9.17) is 11.6 Å². The number of rotatable bonds is 3. The maximum Gasteiger partial charge on any atom is 0.326 e. The largest absolute Gasteiger partial charge is 0.394 e. The van der Waals surface area contributed by atoms with Crippen LogP contribution in [0.4, 0.5) is 16.2 Å². The van der Waals surface area contributed by atoms with E-state index in [0.717, 1.165) is 11.3 Å². The number of halogens is 1. The van der Waals surface area contributed by atoms with Crippen molar-refractivity contribution in [3.63, 3.8) is 0 Å². The lowest BCUT2D eigenvalue weighted by atomic mass is 9.71. The number of hydrogen-bond acceptors (Lipinski definition) is 4. The summed E-state index contributed by atoms with van der Waals surface area (Å²) in [5, 5.41) is 13.4. The highest BCUT2D eigenvalue weighted by atomic mass is 35.5. The SMILES string of the molecule is O=C(Nc1ccccc1Cl)N1C[C@H]2[C@@H](c3ccccc31)[C@@H](CO)N2C(=O)c1cccnc1. The van der Waals surface area contributed by atoms with Crippen LogP contribution in [0.2, 0.25) is 5.02 Å². The molecule has 32 heavy (non-hydrogen) atoms. The Hall–Kier alpha value is -3.42. The van der Waals surface area contributed by atoms with Gasteiger partial charge in [0.05, 0.1) is 35.0 Å². The van der Waals surface area contributed by atoms with E-state index in [9.17, 15) is 14.7 Å². The zero-order valence-electron chi connectivity index (χ0n) is 17.1. The minimum Gasteiger partial charge on any atom is -0.394 e. The zero-order valence-corrected chi connectivity index (χ0v) is 17.8. The van der Waals surface area contributed by atoms with Gasteiger partial charge < -0.3 is 15.3 Å². The minimum absolute atomic E-state index is 0.0545. The fraction of sp³-hybridized carbons (Fsp3) is 0.208. The number of anilines is 2. The number of pyridine rings is 1. The summed E-state index contributed by atoms with van der Waals surface area (Å²) in [7, 11) is 0. The highest BCUT2D eigenvalue weighted by Gasteiger charge is 2.55. The van der Waals surface area contributed by atoms with Gasteiger partial charge >= 0.3 is 6.03 Å². The predicted octanol–water partition coefficient (Wildman–Crippen LogP) is 3.76. The van der Waals surface area contributed by atoms with E-state index in [-0.39, 0.29) is 36.5 Å². The van der Waals surface area contributed by atoms with E-state index in [1.165, 1.54) is 6.20 Å². The summed E-state index contributed by atoms with van der Waals surface area (Å²) in [4.78, 5) is 33.8. The van der Waals surface area contributed by atoms with Gasteiger partial charge in [0.1, 0.15) is 0 Å². The first-order valence-electron chi connectivity index (χ1n) is 10.4. The van der Waals surface area contributed by atoms with E-state index in [1.54, 1.807) is 52.4 Å². The summed E-state index contributed by atoms with van der Waals surface area (Å²) < 4.78 is 0. The number of fused-ring (bicyclic) bond motifs is 3. The van der Waals surface area contributed by atoms with Crippen molar-refractivity contribution in [2.24, 2.45) is 0 Å². The van der Waals surface area contributed by atoms with E-state index >= 15 is 0 Å². The van der Waals surface area contributed by atoms with Gasteiger partial charge in [-0.15, -0.1) is 0 Å². The molecule has 0 aliphatic carbocycles. The number of aliphatic hydroxyl groups is 1. The number of carbonyl (C=O) groups is 2. The van der Waals surface area contributed by atoms with Gasteiger partial charge in [-0.2, -0.15) is 0 Å². The molecule has 0 bridgehead atoms. The van der Waals surface area contributed by atoms with Crippen molar-refractivity contribution in [2.75, 3.05) is 23.4 Å². The van der Waals surface area contributed by atoms with Crippen LogP contribution in [0.5, 0.6) is 0 Å². The quantitative estimate of drug-likeness (QED) is 0.639. The molecule has 5 rings (SSSR count). The van der Waals surface area contributed by atoms with Crippen LogP contribution in [0.3, 0.4) is 0 Å². The Bertz CT molecular complexity index is 1170. The van der Waals surface area contributed by atoms with Gasteiger partial charge in [-0.3, -0.25) is 14.7 Å². The first-order valence-corrected chi connectivity index (χ1v) is 10.7. The van der Waals surface area contributed by atoms with Crippen LogP contribution in [-0.4, -0.2) is 52.2 Å². The standard InChI is InChI=1S/C24H21ClN4O3/c25-17-8-2-3-9-18(17)27-24(32)28-13-20-22(16-7-1-4-10-19(16)28)21(14-30)29(20)23(31)15-6-5-11-26-12-15/h1-12,20-22,30H,13-14H2,(H,27,32)/t20-,21+,22+/m0/s1. The fourth-order valence-electron chi connectivity index (χ4n) is 4.74. The van der Waals surface area contributed by atoms with Crippen molar-refractivity contribution >= 4 is 34.9 Å². The fourth-order valence-corrected chi connectivity index (χ4v) is 4.93. The molecule has 7 nitrogen and oxygen atoms in total. The molecular weight excluding hydrogens is 428 g/mol. The summed E-state index contributed by atoms with van der Waals surface area (Å²) in [6, 6.07) is 17.1. The Morgan fingerprint density at radius 1 is 1.09 bits per heavy atom. The summed E-state index contributed by atoms with van der Waals surface area (Å²) in [6.07, 6.45) is 3.12. The molecule has 2 aliphatic rings. The van der Waals surface area contributed by atoms with Crippen molar-refractivity contribution in [1.29, 1.82) is 0 Å². The first-order chi connectivity index (χ1) is 15.6. The third kappa shape index (κ3) is 3.30. The van der Waals surface area contributed by atoms with E-state index in [1.807, 2.05) is 24.3 Å². The summed E-state index contributed by atoms with van der Waals surface area (Å²) in [5.74, 6) is -0.259. The Labute approximate surface area is 190 Å². The second-order valence-electron chi connectivity index (χ2n) is 7.88. The number of hydrogen-bond donors (Lipinski definition) is 2. The van der Waals surface area contributed by atoms with Crippen LogP contribution in [0, 0.1) is 0 Å². The molecular formula is C24H21ClN4O3. The Morgan fingerprint density at radius 3 is 2.62 bits per heavy atom. The van der Waals surface area contributed by atoms with Crippen molar-refractivity contribution in [3.8, 4) is 0 Å². The number of likely N-dealkylation sites (tertiary alicyclic amines) is 1. The lowest BCUT2D eigenvalue weighted by Crippen LogP contribution is -2.71. The van der Waals surface area contributed by atoms with Crippen LogP contribution >= 0.6 is 11.6 Å². The molecule has 3 aromatic rings. The molecule has 162 valence electrons. The number of urea groups is 1. The number of para-hydroxylation sites is 2. The monoisotopic (exact) mass is 448 g/mol. The Morgan fingerprint density at radius 2 is 1.88 bits per heavy atom. The zero-order chi connectivity index (χ0) is 22.2. The van der Waals surface area contributed by atoms with Crippen molar-refractivity contribution in [1.82, 2.24) is 9.88 Å². The second-order valence-corrected chi connectivity index (χ2v) is 8.28. The first kappa shape index (κ1) is 20.5. The summed E-state index contributed by atoms with van der Waals surface area (Å²) >= 11 is 6.22. The van der Waals surface area contributed by atoms with Gasteiger partial charge in [0.25, 0.3) is 5.91 Å². The van der Waals surface area contributed by atoms with Crippen molar-refractivity contribution in [2.45, 2.75) is 18.0 Å². The van der Waals surface area contributed by atoms with Crippen LogP contribution < -0.4 is 10.2 Å². The molecule has 0 radical (unpaired) electrons. The average Bonchev–Trinajstić information content (AvgIpc) is 2.81. The number of amides is 3. The minimum atomic E-state index is -0.359. The topological polar surface area (TPSA) is 85.8 Å². The Balaban J connectivity index is 1.48. The highest BCUT2D eigenvalue weighted by molar-refractivity contribution is 6.33. The third-order valence-electron chi connectivity index (χ3n) is 6.19. The smallest absolute Gasteiger partial charge is 0.326 e. The summed E-state index contributed by atoms with van der Waals surface area (Å²) in [6.45, 7) is 0.147. The molecule has 1 fully saturated rings. The van der Waals surface area contributed by atoms with Gasteiger partial charge in [-0.25, -0.2) is 4.79 Å². The van der Waals surface area contributed by atoms with Crippen LogP contribution in [0.15, 0.2) is 73.1 Å². The molecule has 3 amide bonds. The maximum atomic E-state index is 13.2. The van der Waals surface area contributed by atoms with Gasteiger partial charge in [-0.1, -0.05) is 41.9 Å². The van der Waals surface area contributed by atoms with Gasteiger partial charge in [0, 0.05) is 30.5 Å². The molecule has 0 saturated carbocycles. The lowest BCUT2D eigenvalue weighted by molar-refractivity contribution is -0.0241. The second kappa shape index (κ2) is 8.26. The van der Waals surface area contributed by atoms with Crippen LogP contribution in [-0.2, 0) is 0 Å². The predicted molar refractivity (Wildman–Crippen MR) is 122 cm³/mol. The molecule has 1 aromatic heterocycles. The number of aliphatic hydroxyl groups excluding tert-OH is 1. The normalized spacial score (nSPS) is 21.2. The average molecular weight is 449 g/mol. The van der Waals surface area contributed by atoms with Gasteiger partial charge in [0.2, 0.25) is 0 Å². The maximum absolute atomic E-state index is 13.2. The van der Waals surface area contributed by atoms with Crippen LogP contribution in [0.1, 0.15) is 21.8 Å². The van der Waals surface area contributed by atoms with E-state index in [2.05, 4.69) is 10.3 Å². The lowest BCUT2D eigenvalue weighted by Gasteiger charge is -2.58. The molecule has 3 heterocycles. The number of nitrogens with zero attached hydrogens (tertiary/aromatic N) is 3. The number of nitrogens with one attached hydrogen (secondary N) is 1. The molecule has 2 aromatic carbocycles. The highest BCUT2D eigenvalue weighted by Crippen LogP contribution is 2.48. The van der Waals surface area contributed by atoms with Gasteiger partial charge in [-0.05, 0) is 35.9 Å². The molecule has 2 N–H and O–H groups in total. The molecule has 3 atom stereocenters. The van der Waals surface area contributed by atoms with Crippen LogP contribution in [0.25, 0.3) is 0 Å². The Kier molecular flexibility index (Phi) is 5.28. The van der Waals surface area contributed by atoms with E-state index < -0.39 is 0 Å². The molecule has 1 saturated heterocycles. The number of aromatic nitrogens is 1.